The molecule has 1 N–H and O–H groups in total. The predicted octanol–water partition coefficient (Wildman–Crippen LogP) is 10.0. The van der Waals surface area contributed by atoms with Crippen LogP contribution in [0.4, 0.5) is 24.5 Å². The Hall–Kier alpha value is -5.57. The molecule has 0 spiro atoms. The number of aromatic nitrogens is 1. The van der Waals surface area contributed by atoms with Gasteiger partial charge < -0.3 is 19.4 Å². The maximum absolute atomic E-state index is 13.9. The highest BCUT2D eigenvalue weighted by Gasteiger charge is 2.31. The van der Waals surface area contributed by atoms with Crippen LogP contribution in [0.15, 0.2) is 95.9 Å². The Balaban J connectivity index is 1.42. The Bertz CT molecular complexity index is 2310. The van der Waals surface area contributed by atoms with E-state index >= 15 is 0 Å². The quantitative estimate of drug-likeness (QED) is 0.131. The topological polar surface area (TPSA) is 103 Å². The molecular weight excluding hydrogens is 719 g/mol. The zero-order valence-corrected chi connectivity index (χ0v) is 30.8. The second-order valence-corrected chi connectivity index (χ2v) is 14.3. The van der Waals surface area contributed by atoms with Gasteiger partial charge in [-0.25, -0.2) is 4.79 Å². The first-order valence-electron chi connectivity index (χ1n) is 17.2. The van der Waals surface area contributed by atoms with Crippen molar-refractivity contribution in [3.8, 4) is 34.1 Å². The summed E-state index contributed by atoms with van der Waals surface area (Å²) in [5.74, 6) is -0.233. The number of ether oxygens (including phenoxy) is 3. The lowest BCUT2D eigenvalue weighted by Gasteiger charge is -2.25. The van der Waals surface area contributed by atoms with Crippen molar-refractivity contribution in [1.29, 1.82) is 5.26 Å². The fraction of sp³-hybridized carbons (Fsp3) is 0.262. The molecule has 0 aliphatic heterocycles. The van der Waals surface area contributed by atoms with Gasteiger partial charge in [-0.15, -0.1) is 13.2 Å². The minimum Gasteiger partial charge on any atom is -0.495 e. The molecule has 278 valence electrons. The number of alkyl halides is 3. The zero-order valence-electron chi connectivity index (χ0n) is 30.0. The van der Waals surface area contributed by atoms with Crippen LogP contribution < -0.4 is 15.6 Å². The lowest BCUT2D eigenvalue weighted by molar-refractivity contribution is -0.325. The van der Waals surface area contributed by atoms with Crippen LogP contribution in [-0.4, -0.2) is 36.2 Å². The first-order chi connectivity index (χ1) is 25.6. The lowest BCUT2D eigenvalue weighted by atomic mass is 9.94. The Kier molecular flexibility index (Phi) is 10.9. The van der Waals surface area contributed by atoms with E-state index in [-0.39, 0.29) is 24.2 Å². The highest BCUT2D eigenvalue weighted by Crippen LogP contribution is 2.44. The molecule has 1 atom stereocenters. The third-order valence-corrected chi connectivity index (χ3v) is 9.32. The van der Waals surface area contributed by atoms with Crippen LogP contribution in [0.2, 0.25) is 5.02 Å². The minimum absolute atomic E-state index is 0.131. The van der Waals surface area contributed by atoms with Crippen molar-refractivity contribution >= 4 is 28.9 Å². The average Bonchev–Trinajstić information content (AvgIpc) is 3.50. The zero-order chi connectivity index (χ0) is 38.8. The first-order valence-corrected chi connectivity index (χ1v) is 17.6. The van der Waals surface area contributed by atoms with Gasteiger partial charge in [0.15, 0.2) is 0 Å². The van der Waals surface area contributed by atoms with Crippen molar-refractivity contribution in [3.63, 3.8) is 0 Å². The van der Waals surface area contributed by atoms with Gasteiger partial charge in [-0.05, 0) is 104 Å². The van der Waals surface area contributed by atoms with Crippen molar-refractivity contribution in [1.82, 2.24) is 4.57 Å². The molecule has 1 unspecified atom stereocenters. The van der Waals surface area contributed by atoms with Gasteiger partial charge in [-0.1, -0.05) is 48.0 Å². The predicted molar refractivity (Wildman–Crippen MR) is 201 cm³/mol. The van der Waals surface area contributed by atoms with Crippen molar-refractivity contribution in [2.24, 2.45) is 0 Å². The maximum Gasteiger partial charge on any atom is 0.522 e. The van der Waals surface area contributed by atoms with E-state index < -0.39 is 36.1 Å². The van der Waals surface area contributed by atoms with E-state index in [1.54, 1.807) is 57.2 Å². The number of hydrogen-bond acceptors (Lipinski definition) is 7. The third kappa shape index (κ3) is 8.62. The number of rotatable bonds is 11. The summed E-state index contributed by atoms with van der Waals surface area (Å²) in [6.07, 6.45) is -2.86. The molecule has 0 bridgehead atoms. The van der Waals surface area contributed by atoms with E-state index in [1.807, 2.05) is 30.3 Å². The summed E-state index contributed by atoms with van der Waals surface area (Å²) < 4.78 is 56.5. The molecule has 1 heterocycles. The van der Waals surface area contributed by atoms with Crippen LogP contribution in [0, 0.1) is 11.3 Å². The minimum atomic E-state index is -4.87. The van der Waals surface area contributed by atoms with Gasteiger partial charge >= 0.3 is 12.3 Å². The number of halogens is 4. The number of benzene rings is 4. The van der Waals surface area contributed by atoms with Crippen LogP contribution in [0.1, 0.15) is 65.8 Å². The molecule has 0 amide bonds. The second kappa shape index (κ2) is 15.4. The molecule has 0 radical (unpaired) electrons. The van der Waals surface area contributed by atoms with E-state index in [2.05, 4.69) is 22.2 Å². The van der Waals surface area contributed by atoms with E-state index in [4.69, 9.17) is 21.1 Å². The van der Waals surface area contributed by atoms with E-state index in [0.717, 1.165) is 33.5 Å². The fourth-order valence-corrected chi connectivity index (χ4v) is 6.86. The standard InChI is InChI=1S/C42H37ClF3N3O5/c1-41(2,3)54-40(51)25-10-14-30(15-11-25)48-39-27(12-16-33-32-8-6-5-7-26(32)20-36(33)39)19-31(17-18-53-42(44,45)46)49-24-37(52-4)35(22-38(49)50)34-21-29(43)13-9-28(34)23-47/h5-16,21-22,24,31,48H,17-20H2,1-4H3. The van der Waals surface area contributed by atoms with Gasteiger partial charge in [0.2, 0.25) is 0 Å². The molecule has 5 aromatic rings. The Morgan fingerprint density at radius 3 is 2.39 bits per heavy atom. The lowest BCUT2D eigenvalue weighted by Crippen LogP contribution is -2.28. The molecule has 8 nitrogen and oxygen atoms in total. The first kappa shape index (κ1) is 38.2. The smallest absolute Gasteiger partial charge is 0.495 e. The number of anilines is 2. The summed E-state index contributed by atoms with van der Waals surface area (Å²) in [5, 5.41) is 13.6. The molecular formula is C42H37ClF3N3O5. The molecule has 54 heavy (non-hydrogen) atoms. The molecule has 12 heteroatoms. The largest absolute Gasteiger partial charge is 0.522 e. The van der Waals surface area contributed by atoms with Crippen LogP contribution in [-0.2, 0) is 22.3 Å². The normalized spacial score (nSPS) is 12.7. The molecule has 1 aliphatic rings. The van der Waals surface area contributed by atoms with Gasteiger partial charge in [-0.3, -0.25) is 9.53 Å². The summed E-state index contributed by atoms with van der Waals surface area (Å²) in [7, 11) is 1.40. The Morgan fingerprint density at radius 2 is 1.70 bits per heavy atom. The Labute approximate surface area is 315 Å². The number of carbonyl (C=O) groups is 1. The van der Waals surface area contributed by atoms with Crippen molar-refractivity contribution in [2.75, 3.05) is 19.0 Å². The van der Waals surface area contributed by atoms with Crippen LogP contribution in [0.25, 0.3) is 22.3 Å². The van der Waals surface area contributed by atoms with E-state index in [0.29, 0.717) is 33.8 Å². The second-order valence-electron chi connectivity index (χ2n) is 13.9. The number of carbonyl (C=O) groups excluding carboxylic acids is 1. The molecule has 1 aliphatic carbocycles. The van der Waals surface area contributed by atoms with Crippen LogP contribution in [0.3, 0.4) is 0 Å². The number of pyridine rings is 1. The van der Waals surface area contributed by atoms with E-state index in [1.165, 1.54) is 30.0 Å². The SMILES string of the molecule is COc1cn(C(CCOC(F)(F)F)Cc2ccc3c(c2Nc2ccc(C(=O)OC(C)(C)C)cc2)Cc2ccccc2-3)c(=O)cc1-c1cc(Cl)ccc1C#N. The number of nitrogens with one attached hydrogen (secondary N) is 1. The van der Waals surface area contributed by atoms with Gasteiger partial charge in [0.1, 0.15) is 11.4 Å². The molecule has 0 fully saturated rings. The van der Waals surface area contributed by atoms with Gasteiger partial charge in [0.25, 0.3) is 5.56 Å². The van der Waals surface area contributed by atoms with Gasteiger partial charge in [0.05, 0.1) is 37.1 Å². The maximum atomic E-state index is 13.9. The number of esters is 1. The summed E-state index contributed by atoms with van der Waals surface area (Å²) >= 11 is 6.25. The van der Waals surface area contributed by atoms with Crippen molar-refractivity contribution < 1.29 is 32.2 Å². The van der Waals surface area contributed by atoms with Crippen molar-refractivity contribution in [3.05, 3.63) is 134 Å². The fourth-order valence-electron chi connectivity index (χ4n) is 6.68. The highest BCUT2D eigenvalue weighted by molar-refractivity contribution is 6.31. The third-order valence-electron chi connectivity index (χ3n) is 9.08. The summed E-state index contributed by atoms with van der Waals surface area (Å²) in [6.45, 7) is 4.67. The summed E-state index contributed by atoms with van der Waals surface area (Å²) in [6, 6.07) is 26.0. The number of nitriles is 1. The molecule has 0 saturated heterocycles. The monoisotopic (exact) mass is 755 g/mol. The van der Waals surface area contributed by atoms with Crippen LogP contribution in [0.5, 0.6) is 5.75 Å². The highest BCUT2D eigenvalue weighted by atomic mass is 35.5. The van der Waals surface area contributed by atoms with Crippen molar-refractivity contribution in [2.45, 2.75) is 58.0 Å². The Morgan fingerprint density at radius 1 is 0.963 bits per heavy atom. The molecule has 4 aromatic carbocycles. The summed E-state index contributed by atoms with van der Waals surface area (Å²) in [5.41, 5.74) is 6.50. The van der Waals surface area contributed by atoms with Gasteiger partial charge in [0, 0.05) is 46.1 Å². The number of nitrogens with zero attached hydrogens (tertiary/aromatic N) is 2. The average molecular weight is 756 g/mol. The van der Waals surface area contributed by atoms with E-state index in [9.17, 15) is 28.0 Å². The number of hydrogen-bond donors (Lipinski definition) is 1. The molecule has 0 saturated carbocycles. The summed E-state index contributed by atoms with van der Waals surface area (Å²) in [4.78, 5) is 26.6. The molecule has 6 rings (SSSR count). The molecule has 1 aromatic heterocycles. The van der Waals surface area contributed by atoms with Crippen LogP contribution >= 0.6 is 11.6 Å². The number of fused-ring (bicyclic) bond motifs is 3. The van der Waals surface area contributed by atoms with Gasteiger partial charge in [-0.2, -0.15) is 5.26 Å². The number of methoxy groups -OCH3 is 1.